The van der Waals surface area contributed by atoms with E-state index in [1.807, 2.05) is 36.4 Å². The van der Waals surface area contributed by atoms with E-state index in [2.05, 4.69) is 4.98 Å². The standard InChI is InChI=1S/C23H18F2N2O2S/c24-15-11-19(25)21-20(12-15)30-23(26-21)27(13-16-7-4-10-29-16)22(28)18-9-3-6-14-5-1-2-8-17(14)18/h1-3,5-6,8-9,11-12,16H,4,7,10,13H2. The van der Waals surface area contributed by atoms with E-state index in [9.17, 15) is 13.6 Å². The van der Waals surface area contributed by atoms with Crippen molar-refractivity contribution in [3.8, 4) is 0 Å². The molecule has 0 saturated carbocycles. The van der Waals surface area contributed by atoms with Gasteiger partial charge < -0.3 is 4.74 Å². The van der Waals surface area contributed by atoms with E-state index in [0.29, 0.717) is 28.5 Å². The van der Waals surface area contributed by atoms with Gasteiger partial charge in [-0.15, -0.1) is 0 Å². The van der Waals surface area contributed by atoms with Crippen LogP contribution in [0.1, 0.15) is 23.2 Å². The van der Waals surface area contributed by atoms with Crippen LogP contribution in [0.2, 0.25) is 0 Å². The van der Waals surface area contributed by atoms with Crippen molar-refractivity contribution >= 4 is 43.4 Å². The minimum absolute atomic E-state index is 0.0689. The molecular formula is C23H18F2N2O2S. The van der Waals surface area contributed by atoms with Gasteiger partial charge >= 0.3 is 0 Å². The number of benzene rings is 3. The normalized spacial score (nSPS) is 16.4. The molecule has 0 radical (unpaired) electrons. The van der Waals surface area contributed by atoms with Gasteiger partial charge in [0.05, 0.1) is 17.3 Å². The molecule has 0 spiro atoms. The van der Waals surface area contributed by atoms with Crippen molar-refractivity contribution in [1.29, 1.82) is 0 Å². The number of amides is 1. The number of fused-ring (bicyclic) bond motifs is 2. The molecule has 4 aromatic rings. The monoisotopic (exact) mass is 424 g/mol. The maximum absolute atomic E-state index is 14.2. The summed E-state index contributed by atoms with van der Waals surface area (Å²) in [6.07, 6.45) is 1.66. The Hall–Kier alpha value is -2.90. The molecule has 5 rings (SSSR count). The van der Waals surface area contributed by atoms with Gasteiger partial charge in [0.15, 0.2) is 10.9 Å². The molecule has 3 aromatic carbocycles. The molecule has 0 bridgehead atoms. The molecule has 7 heteroatoms. The van der Waals surface area contributed by atoms with Crippen LogP contribution in [0.4, 0.5) is 13.9 Å². The van der Waals surface area contributed by atoms with Crippen molar-refractivity contribution in [3.63, 3.8) is 0 Å². The van der Waals surface area contributed by atoms with E-state index in [1.165, 1.54) is 6.07 Å². The molecule has 1 unspecified atom stereocenters. The molecule has 1 aliphatic rings. The summed E-state index contributed by atoms with van der Waals surface area (Å²) in [5.41, 5.74) is 0.608. The lowest BCUT2D eigenvalue weighted by Gasteiger charge is -2.23. The van der Waals surface area contributed by atoms with Crippen LogP contribution in [0, 0.1) is 11.6 Å². The highest BCUT2D eigenvalue weighted by molar-refractivity contribution is 7.22. The number of nitrogens with zero attached hydrogens (tertiary/aromatic N) is 2. The second kappa shape index (κ2) is 7.74. The molecule has 1 saturated heterocycles. The number of hydrogen-bond donors (Lipinski definition) is 0. The minimum atomic E-state index is -0.734. The number of thiazole rings is 1. The number of carbonyl (C=O) groups excluding carboxylic acids is 1. The molecule has 0 aliphatic carbocycles. The van der Waals surface area contributed by atoms with Crippen molar-refractivity contribution in [2.75, 3.05) is 18.1 Å². The van der Waals surface area contributed by atoms with Gasteiger partial charge in [-0.1, -0.05) is 47.7 Å². The van der Waals surface area contributed by atoms with Crippen LogP contribution in [0.15, 0.2) is 54.6 Å². The lowest BCUT2D eigenvalue weighted by molar-refractivity contribution is 0.0919. The van der Waals surface area contributed by atoms with Crippen molar-refractivity contribution in [2.24, 2.45) is 0 Å². The fraction of sp³-hybridized carbons (Fsp3) is 0.217. The van der Waals surface area contributed by atoms with Gasteiger partial charge in [0, 0.05) is 18.2 Å². The van der Waals surface area contributed by atoms with Crippen LogP contribution in [0.3, 0.4) is 0 Å². The summed E-state index contributed by atoms with van der Waals surface area (Å²) in [7, 11) is 0. The summed E-state index contributed by atoms with van der Waals surface area (Å²) >= 11 is 1.10. The van der Waals surface area contributed by atoms with Gasteiger partial charge in [-0.2, -0.15) is 0 Å². The summed E-state index contributed by atoms with van der Waals surface area (Å²) in [5.74, 6) is -1.63. The number of rotatable bonds is 4. The third kappa shape index (κ3) is 3.44. The smallest absolute Gasteiger partial charge is 0.260 e. The maximum Gasteiger partial charge on any atom is 0.260 e. The highest BCUT2D eigenvalue weighted by Crippen LogP contribution is 2.33. The lowest BCUT2D eigenvalue weighted by Crippen LogP contribution is -2.37. The van der Waals surface area contributed by atoms with Gasteiger partial charge in [0.1, 0.15) is 11.3 Å². The first-order chi connectivity index (χ1) is 14.6. The Labute approximate surface area is 175 Å². The van der Waals surface area contributed by atoms with Crippen LogP contribution in [0.25, 0.3) is 21.0 Å². The van der Waals surface area contributed by atoms with Crippen LogP contribution in [-0.2, 0) is 4.74 Å². The Morgan fingerprint density at radius 2 is 2.00 bits per heavy atom. The molecule has 152 valence electrons. The summed E-state index contributed by atoms with van der Waals surface area (Å²) in [5, 5.41) is 2.13. The van der Waals surface area contributed by atoms with Gasteiger partial charge in [0.2, 0.25) is 0 Å². The average Bonchev–Trinajstić information content (AvgIpc) is 3.41. The molecule has 4 nitrogen and oxygen atoms in total. The molecule has 30 heavy (non-hydrogen) atoms. The Balaban J connectivity index is 1.61. The number of halogens is 2. The summed E-state index contributed by atoms with van der Waals surface area (Å²) in [6, 6.07) is 15.3. The van der Waals surface area contributed by atoms with Crippen LogP contribution in [-0.4, -0.2) is 30.1 Å². The van der Waals surface area contributed by atoms with E-state index in [-0.39, 0.29) is 17.5 Å². The first-order valence-electron chi connectivity index (χ1n) is 9.77. The fourth-order valence-electron chi connectivity index (χ4n) is 3.86. The Morgan fingerprint density at radius 3 is 2.83 bits per heavy atom. The van der Waals surface area contributed by atoms with Gasteiger partial charge in [-0.25, -0.2) is 13.8 Å². The average molecular weight is 424 g/mol. The third-order valence-corrected chi connectivity index (χ3v) is 6.33. The number of carbonyl (C=O) groups is 1. The van der Waals surface area contributed by atoms with E-state index in [4.69, 9.17) is 4.74 Å². The Kier molecular flexibility index (Phi) is 4.92. The van der Waals surface area contributed by atoms with E-state index < -0.39 is 11.6 Å². The topological polar surface area (TPSA) is 42.4 Å². The van der Waals surface area contributed by atoms with Crippen molar-refractivity contribution in [3.05, 3.63) is 71.8 Å². The van der Waals surface area contributed by atoms with Crippen molar-refractivity contribution in [1.82, 2.24) is 4.98 Å². The molecule has 1 amide bonds. The van der Waals surface area contributed by atoms with Gasteiger partial charge in [-0.05, 0) is 35.7 Å². The molecule has 1 fully saturated rings. The number of hydrogen-bond acceptors (Lipinski definition) is 4. The van der Waals surface area contributed by atoms with Gasteiger partial charge in [0.25, 0.3) is 5.91 Å². The maximum atomic E-state index is 14.2. The van der Waals surface area contributed by atoms with Crippen molar-refractivity contribution < 1.29 is 18.3 Å². The Morgan fingerprint density at radius 1 is 1.17 bits per heavy atom. The van der Waals surface area contributed by atoms with Crippen LogP contribution in [0.5, 0.6) is 0 Å². The molecule has 1 aromatic heterocycles. The second-order valence-corrected chi connectivity index (χ2v) is 8.32. The lowest BCUT2D eigenvalue weighted by atomic mass is 10.0. The quantitative estimate of drug-likeness (QED) is 0.431. The predicted octanol–water partition coefficient (Wildman–Crippen LogP) is 5.55. The molecule has 2 heterocycles. The number of anilines is 1. The van der Waals surface area contributed by atoms with Crippen LogP contribution >= 0.6 is 11.3 Å². The fourth-order valence-corrected chi connectivity index (χ4v) is 4.87. The first kappa shape index (κ1) is 19.1. The second-order valence-electron chi connectivity index (χ2n) is 7.31. The van der Waals surface area contributed by atoms with E-state index in [0.717, 1.165) is 41.0 Å². The number of ether oxygens (including phenoxy) is 1. The molecule has 0 N–H and O–H groups in total. The minimum Gasteiger partial charge on any atom is -0.376 e. The first-order valence-corrected chi connectivity index (χ1v) is 10.6. The largest absolute Gasteiger partial charge is 0.376 e. The SMILES string of the molecule is O=C(c1cccc2ccccc12)N(CC1CCCO1)c1nc2c(F)cc(F)cc2s1. The zero-order valence-electron chi connectivity index (χ0n) is 16.0. The third-order valence-electron chi connectivity index (χ3n) is 5.31. The summed E-state index contributed by atoms with van der Waals surface area (Å²) < 4.78 is 34.0. The highest BCUT2D eigenvalue weighted by atomic mass is 32.1. The van der Waals surface area contributed by atoms with E-state index >= 15 is 0 Å². The molecule has 1 atom stereocenters. The van der Waals surface area contributed by atoms with E-state index in [1.54, 1.807) is 11.0 Å². The zero-order chi connectivity index (χ0) is 20.7. The predicted molar refractivity (Wildman–Crippen MR) is 114 cm³/mol. The van der Waals surface area contributed by atoms with Crippen molar-refractivity contribution in [2.45, 2.75) is 18.9 Å². The van der Waals surface area contributed by atoms with Gasteiger partial charge in [-0.3, -0.25) is 9.69 Å². The molecular weight excluding hydrogens is 406 g/mol. The summed E-state index contributed by atoms with van der Waals surface area (Å²) in [4.78, 5) is 19.5. The van der Waals surface area contributed by atoms with Crippen LogP contribution < -0.4 is 4.90 Å². The zero-order valence-corrected chi connectivity index (χ0v) is 16.8. The summed E-state index contributed by atoms with van der Waals surface area (Å²) in [6.45, 7) is 0.965. The highest BCUT2D eigenvalue weighted by Gasteiger charge is 2.28. The number of aromatic nitrogens is 1. The molecule has 1 aliphatic heterocycles. The Bertz CT molecular complexity index is 1250.